The van der Waals surface area contributed by atoms with Crippen LogP contribution in [0.3, 0.4) is 0 Å². The van der Waals surface area contributed by atoms with Crippen LogP contribution in [-0.2, 0) is 6.54 Å². The average molecular weight is 408 g/mol. The van der Waals surface area contributed by atoms with Crippen LogP contribution in [0.15, 0.2) is 54.9 Å². The van der Waals surface area contributed by atoms with Crippen LogP contribution in [0.2, 0.25) is 0 Å². The van der Waals surface area contributed by atoms with Gasteiger partial charge in [0.1, 0.15) is 5.75 Å². The highest BCUT2D eigenvalue weighted by molar-refractivity contribution is 7.20. The Bertz CT molecular complexity index is 1120. The van der Waals surface area contributed by atoms with E-state index in [0.717, 1.165) is 32.7 Å². The molecule has 7 nitrogen and oxygen atoms in total. The third-order valence-electron chi connectivity index (χ3n) is 4.57. The van der Waals surface area contributed by atoms with Gasteiger partial charge in [-0.25, -0.2) is 4.98 Å². The number of hydrogen-bond acceptors (Lipinski definition) is 6. The number of fused-ring (bicyclic) bond motifs is 1. The Labute approximate surface area is 171 Å². The molecule has 0 unspecified atom stereocenters. The number of aromatic amines is 1. The molecule has 4 rings (SSSR count). The number of thiazole rings is 1. The Morgan fingerprint density at radius 3 is 2.90 bits per heavy atom. The minimum atomic E-state index is -0.201. The summed E-state index contributed by atoms with van der Waals surface area (Å²) in [4.78, 5) is 19.2. The summed E-state index contributed by atoms with van der Waals surface area (Å²) in [6, 6.07) is 13.4. The number of methoxy groups -OCH3 is 1. The second-order valence-corrected chi connectivity index (χ2v) is 7.52. The third-order valence-corrected chi connectivity index (χ3v) is 5.57. The molecule has 0 saturated carbocycles. The number of nitrogens with one attached hydrogen (secondary N) is 1. The van der Waals surface area contributed by atoms with Crippen molar-refractivity contribution in [3.8, 4) is 16.9 Å². The number of nitrogens with zero attached hydrogens (tertiary/aromatic N) is 3. The maximum atomic E-state index is 13.1. The number of aliphatic hydroxyl groups is 1. The molecule has 2 heterocycles. The molecule has 4 aromatic rings. The Balaban J connectivity index is 1.60. The van der Waals surface area contributed by atoms with E-state index in [2.05, 4.69) is 15.2 Å². The van der Waals surface area contributed by atoms with Crippen molar-refractivity contribution in [3.63, 3.8) is 0 Å². The predicted octanol–water partition coefficient (Wildman–Crippen LogP) is 3.33. The number of amides is 1. The van der Waals surface area contributed by atoms with Crippen LogP contribution in [0.4, 0.5) is 0 Å². The van der Waals surface area contributed by atoms with E-state index in [-0.39, 0.29) is 19.1 Å². The number of carbonyl (C=O) groups excluding carboxylic acids is 1. The molecule has 0 aliphatic rings. The Morgan fingerprint density at radius 1 is 1.24 bits per heavy atom. The first-order valence-corrected chi connectivity index (χ1v) is 9.92. The number of ether oxygens (including phenoxy) is 1. The average Bonchev–Trinajstić information content (AvgIpc) is 3.42. The summed E-state index contributed by atoms with van der Waals surface area (Å²) in [7, 11) is 1.61. The van der Waals surface area contributed by atoms with E-state index in [9.17, 15) is 9.90 Å². The van der Waals surface area contributed by atoms with E-state index in [1.54, 1.807) is 18.2 Å². The maximum absolute atomic E-state index is 13.1. The molecule has 0 aliphatic heterocycles. The molecular weight excluding hydrogens is 388 g/mol. The number of benzene rings is 2. The lowest BCUT2D eigenvalue weighted by Crippen LogP contribution is -2.33. The van der Waals surface area contributed by atoms with Crippen LogP contribution in [0.25, 0.3) is 21.3 Å². The minimum Gasteiger partial charge on any atom is -0.497 e. The largest absolute Gasteiger partial charge is 0.497 e. The van der Waals surface area contributed by atoms with Crippen molar-refractivity contribution in [1.82, 2.24) is 20.1 Å². The lowest BCUT2D eigenvalue weighted by Gasteiger charge is -2.21. The van der Waals surface area contributed by atoms with Crippen molar-refractivity contribution in [2.75, 3.05) is 20.3 Å². The van der Waals surface area contributed by atoms with Gasteiger partial charge in [-0.15, -0.1) is 11.3 Å². The first-order chi connectivity index (χ1) is 14.2. The number of aliphatic hydroxyl groups excluding tert-OH is 1. The first kappa shape index (κ1) is 19.1. The molecule has 8 heteroatoms. The van der Waals surface area contributed by atoms with Crippen molar-refractivity contribution in [2.45, 2.75) is 6.54 Å². The standard InChI is InChI=1S/C21H20N4O3S/c1-28-17-4-2-3-14(9-17)13-25(7-8-26)21(27)20-24-18-6-5-15(10-19(18)29-20)16-11-22-23-12-16/h2-6,9-12,26H,7-8,13H2,1H3,(H,22,23). The zero-order valence-corrected chi connectivity index (χ0v) is 16.6. The molecule has 0 fully saturated rings. The molecule has 0 saturated heterocycles. The summed E-state index contributed by atoms with van der Waals surface area (Å²) in [5.41, 5.74) is 3.69. The van der Waals surface area contributed by atoms with Gasteiger partial charge in [0.25, 0.3) is 5.91 Å². The van der Waals surface area contributed by atoms with Crippen molar-refractivity contribution < 1.29 is 14.6 Å². The van der Waals surface area contributed by atoms with Gasteiger partial charge in [0.2, 0.25) is 0 Å². The molecular formula is C21H20N4O3S. The van der Waals surface area contributed by atoms with E-state index in [1.165, 1.54) is 11.3 Å². The van der Waals surface area contributed by atoms with Gasteiger partial charge in [-0.3, -0.25) is 9.89 Å². The Kier molecular flexibility index (Phi) is 5.55. The first-order valence-electron chi connectivity index (χ1n) is 9.11. The Hall–Kier alpha value is -3.23. The van der Waals surface area contributed by atoms with Gasteiger partial charge in [-0.1, -0.05) is 18.2 Å². The van der Waals surface area contributed by atoms with E-state index < -0.39 is 0 Å². The number of carbonyl (C=O) groups is 1. The second kappa shape index (κ2) is 8.42. The third kappa shape index (κ3) is 4.13. The predicted molar refractivity (Wildman–Crippen MR) is 112 cm³/mol. The van der Waals surface area contributed by atoms with E-state index in [0.29, 0.717) is 11.6 Å². The molecule has 0 bridgehead atoms. The van der Waals surface area contributed by atoms with Crippen LogP contribution in [0.1, 0.15) is 15.4 Å². The van der Waals surface area contributed by atoms with Gasteiger partial charge in [-0.05, 0) is 35.4 Å². The molecule has 0 spiro atoms. The number of aromatic nitrogens is 3. The smallest absolute Gasteiger partial charge is 0.283 e. The lowest BCUT2D eigenvalue weighted by atomic mass is 10.1. The van der Waals surface area contributed by atoms with Crippen LogP contribution >= 0.6 is 11.3 Å². The minimum absolute atomic E-state index is 0.120. The number of H-pyrrole nitrogens is 1. The fourth-order valence-electron chi connectivity index (χ4n) is 3.10. The van der Waals surface area contributed by atoms with Crippen LogP contribution in [0.5, 0.6) is 5.75 Å². The van der Waals surface area contributed by atoms with Gasteiger partial charge in [0, 0.05) is 24.8 Å². The summed E-state index contributed by atoms with van der Waals surface area (Å²) in [5.74, 6) is 0.526. The highest BCUT2D eigenvalue weighted by atomic mass is 32.1. The molecule has 2 N–H and O–H groups in total. The molecule has 0 atom stereocenters. The lowest BCUT2D eigenvalue weighted by molar-refractivity contribution is 0.0707. The van der Waals surface area contributed by atoms with Gasteiger partial charge >= 0.3 is 0 Å². The van der Waals surface area contributed by atoms with E-state index in [1.807, 2.05) is 48.7 Å². The van der Waals surface area contributed by atoms with Crippen molar-refractivity contribution in [2.24, 2.45) is 0 Å². The van der Waals surface area contributed by atoms with Crippen LogP contribution in [-0.4, -0.2) is 51.4 Å². The summed E-state index contributed by atoms with van der Waals surface area (Å²) in [6.45, 7) is 0.476. The van der Waals surface area contributed by atoms with Gasteiger partial charge in [-0.2, -0.15) is 5.10 Å². The fraction of sp³-hybridized carbons (Fsp3) is 0.190. The van der Waals surface area contributed by atoms with Crippen molar-refractivity contribution in [1.29, 1.82) is 0 Å². The molecule has 148 valence electrons. The molecule has 0 radical (unpaired) electrons. The molecule has 1 amide bonds. The molecule has 0 aliphatic carbocycles. The summed E-state index contributed by atoms with van der Waals surface area (Å²) < 4.78 is 6.18. The quantitative estimate of drug-likeness (QED) is 0.489. The van der Waals surface area contributed by atoms with Crippen LogP contribution < -0.4 is 4.74 Å². The fourth-order valence-corrected chi connectivity index (χ4v) is 4.08. The SMILES string of the molecule is COc1cccc(CN(CCO)C(=O)c2nc3ccc(-c4cn[nH]c4)cc3s2)c1. The second-order valence-electron chi connectivity index (χ2n) is 6.49. The monoisotopic (exact) mass is 408 g/mol. The number of hydrogen-bond donors (Lipinski definition) is 2. The maximum Gasteiger partial charge on any atom is 0.283 e. The number of rotatable bonds is 7. The molecule has 2 aromatic carbocycles. The van der Waals surface area contributed by atoms with Crippen molar-refractivity contribution in [3.05, 3.63) is 65.4 Å². The highest BCUT2D eigenvalue weighted by Crippen LogP contribution is 2.28. The van der Waals surface area contributed by atoms with Gasteiger partial charge in [0.15, 0.2) is 5.01 Å². The summed E-state index contributed by atoms with van der Waals surface area (Å²) >= 11 is 1.35. The zero-order chi connectivity index (χ0) is 20.2. The van der Waals surface area contributed by atoms with E-state index in [4.69, 9.17) is 4.74 Å². The summed E-state index contributed by atoms with van der Waals surface area (Å²) in [6.07, 6.45) is 3.58. The topological polar surface area (TPSA) is 91.3 Å². The van der Waals surface area contributed by atoms with Crippen molar-refractivity contribution >= 4 is 27.5 Å². The molecule has 29 heavy (non-hydrogen) atoms. The van der Waals surface area contributed by atoms with E-state index >= 15 is 0 Å². The zero-order valence-electron chi connectivity index (χ0n) is 15.8. The normalized spacial score (nSPS) is 11.0. The van der Waals surface area contributed by atoms with Gasteiger partial charge < -0.3 is 14.7 Å². The molecule has 2 aromatic heterocycles. The van der Waals surface area contributed by atoms with Gasteiger partial charge in [0.05, 0.1) is 30.1 Å². The van der Waals surface area contributed by atoms with Crippen LogP contribution in [0, 0.1) is 0 Å². The highest BCUT2D eigenvalue weighted by Gasteiger charge is 2.20. The summed E-state index contributed by atoms with van der Waals surface area (Å²) in [5, 5.41) is 16.6. The Morgan fingerprint density at radius 2 is 2.14 bits per heavy atom.